The van der Waals surface area contributed by atoms with E-state index in [0.29, 0.717) is 36.4 Å². The maximum Gasteiger partial charge on any atom is 0.324 e. The zero-order chi connectivity index (χ0) is 24.9. The van der Waals surface area contributed by atoms with Gasteiger partial charge in [0.15, 0.2) is 0 Å². The van der Waals surface area contributed by atoms with Crippen LogP contribution < -0.4 is 10.2 Å². The van der Waals surface area contributed by atoms with Crippen molar-refractivity contribution in [3.05, 3.63) is 65.2 Å². The molecule has 3 aromatic rings. The first-order valence-corrected chi connectivity index (χ1v) is 12.7. The van der Waals surface area contributed by atoms with Gasteiger partial charge in [-0.2, -0.15) is 10.2 Å². The number of rotatable bonds is 7. The fraction of sp³-hybridized carbons (Fsp3) is 0.429. The fourth-order valence-corrected chi connectivity index (χ4v) is 5.05. The van der Waals surface area contributed by atoms with Gasteiger partial charge in [-0.1, -0.05) is 35.0 Å². The van der Waals surface area contributed by atoms with Crippen molar-refractivity contribution in [1.82, 2.24) is 20.4 Å². The Morgan fingerprint density at radius 1 is 1.08 bits per heavy atom. The number of benzene rings is 2. The smallest absolute Gasteiger partial charge is 0.324 e. The average Bonchev–Trinajstić information content (AvgIpc) is 3.59. The quantitative estimate of drug-likeness (QED) is 0.545. The highest BCUT2D eigenvalue weighted by molar-refractivity contribution is 5.79. The molecule has 0 aliphatic carbocycles. The van der Waals surface area contributed by atoms with E-state index in [0.717, 1.165) is 51.0 Å². The maximum absolute atomic E-state index is 12.8. The minimum Gasteiger partial charge on any atom is -0.356 e. The summed E-state index contributed by atoms with van der Waals surface area (Å²) < 4.78 is 5.48. The number of piperidine rings is 1. The van der Waals surface area contributed by atoms with E-state index in [-0.39, 0.29) is 11.8 Å². The molecule has 0 bridgehead atoms. The van der Waals surface area contributed by atoms with E-state index in [9.17, 15) is 4.79 Å². The monoisotopic (exact) mass is 484 g/mol. The number of carbonyl (C=O) groups is 1. The summed E-state index contributed by atoms with van der Waals surface area (Å²) in [5, 5.41) is 16.3. The van der Waals surface area contributed by atoms with Gasteiger partial charge in [0.05, 0.1) is 11.6 Å². The summed E-state index contributed by atoms with van der Waals surface area (Å²) in [4.78, 5) is 21.9. The van der Waals surface area contributed by atoms with Crippen LogP contribution in [0.2, 0.25) is 0 Å². The second-order valence-electron chi connectivity index (χ2n) is 9.97. The number of amides is 1. The van der Waals surface area contributed by atoms with Crippen molar-refractivity contribution in [3.8, 4) is 17.5 Å². The molecule has 1 atom stereocenters. The van der Waals surface area contributed by atoms with E-state index in [1.54, 1.807) is 12.1 Å². The molecule has 36 heavy (non-hydrogen) atoms. The third kappa shape index (κ3) is 5.74. The van der Waals surface area contributed by atoms with Crippen LogP contribution in [0.1, 0.15) is 36.0 Å². The third-order valence-electron chi connectivity index (χ3n) is 7.29. The molecule has 1 N–H and O–H groups in total. The minimum atomic E-state index is 0.0206. The number of nitrogens with zero attached hydrogens (tertiary/aromatic N) is 5. The first-order chi connectivity index (χ1) is 17.6. The van der Waals surface area contributed by atoms with Crippen LogP contribution in [-0.4, -0.2) is 53.7 Å². The molecule has 5 rings (SSSR count). The molecule has 1 amide bonds. The highest BCUT2D eigenvalue weighted by Gasteiger charge is 2.29. The van der Waals surface area contributed by atoms with Gasteiger partial charge in [0.25, 0.3) is 0 Å². The molecule has 2 saturated heterocycles. The van der Waals surface area contributed by atoms with Gasteiger partial charge >= 0.3 is 6.01 Å². The van der Waals surface area contributed by atoms with Crippen molar-refractivity contribution >= 4 is 11.9 Å². The van der Waals surface area contributed by atoms with E-state index in [2.05, 4.69) is 57.6 Å². The first-order valence-electron chi connectivity index (χ1n) is 12.7. The summed E-state index contributed by atoms with van der Waals surface area (Å²) in [5.74, 6) is 1.20. The molecular formula is C28H32N6O2. The Labute approximate surface area is 211 Å². The van der Waals surface area contributed by atoms with Gasteiger partial charge in [0.2, 0.25) is 11.7 Å². The molecule has 8 heteroatoms. The molecule has 1 unspecified atom stereocenters. The summed E-state index contributed by atoms with van der Waals surface area (Å²) >= 11 is 0. The fourth-order valence-electron chi connectivity index (χ4n) is 5.05. The highest BCUT2D eigenvalue weighted by Crippen LogP contribution is 2.25. The molecule has 3 heterocycles. The van der Waals surface area contributed by atoms with Crippen molar-refractivity contribution < 1.29 is 9.32 Å². The lowest BCUT2D eigenvalue weighted by atomic mass is 9.96. The molecule has 1 aromatic heterocycles. The van der Waals surface area contributed by atoms with Crippen LogP contribution in [0, 0.1) is 30.1 Å². The summed E-state index contributed by atoms with van der Waals surface area (Å²) in [7, 11) is 0. The van der Waals surface area contributed by atoms with Gasteiger partial charge in [-0.25, -0.2) is 0 Å². The van der Waals surface area contributed by atoms with E-state index < -0.39 is 0 Å². The number of carbonyl (C=O) groups excluding carboxylic acids is 1. The second-order valence-corrected chi connectivity index (χ2v) is 9.97. The molecule has 0 saturated carbocycles. The van der Waals surface area contributed by atoms with Gasteiger partial charge < -0.3 is 14.7 Å². The van der Waals surface area contributed by atoms with E-state index >= 15 is 0 Å². The van der Waals surface area contributed by atoms with Crippen molar-refractivity contribution in [2.75, 3.05) is 37.6 Å². The molecule has 2 aromatic carbocycles. The molecule has 186 valence electrons. The van der Waals surface area contributed by atoms with Crippen LogP contribution in [-0.2, 0) is 11.3 Å². The third-order valence-corrected chi connectivity index (χ3v) is 7.29. The molecule has 2 aliphatic heterocycles. The molecule has 8 nitrogen and oxygen atoms in total. The zero-order valence-electron chi connectivity index (χ0n) is 20.7. The largest absolute Gasteiger partial charge is 0.356 e. The Balaban J connectivity index is 1.05. The minimum absolute atomic E-state index is 0.0206. The average molecular weight is 485 g/mol. The predicted octanol–water partition coefficient (Wildman–Crippen LogP) is 3.77. The number of anilines is 1. The number of aryl methyl sites for hydroxylation is 1. The SMILES string of the molecule is Cc1ccc(CN2CCC(CNC(=O)C3CCN(c4nc(-c5ccc(C#N)cc5)no4)CC3)C2)cc1. The molecule has 0 spiro atoms. The summed E-state index contributed by atoms with van der Waals surface area (Å²) in [5.41, 5.74) is 4.04. The van der Waals surface area contributed by atoms with E-state index in [4.69, 9.17) is 9.78 Å². The topological polar surface area (TPSA) is 98.3 Å². The Hall–Kier alpha value is -3.70. The Morgan fingerprint density at radius 3 is 2.56 bits per heavy atom. The van der Waals surface area contributed by atoms with E-state index in [1.165, 1.54) is 11.1 Å². The van der Waals surface area contributed by atoms with Crippen LogP contribution in [0.5, 0.6) is 0 Å². The lowest BCUT2D eigenvalue weighted by Crippen LogP contribution is -2.42. The number of nitriles is 1. The number of hydrogen-bond donors (Lipinski definition) is 1. The van der Waals surface area contributed by atoms with Crippen molar-refractivity contribution in [2.24, 2.45) is 11.8 Å². The molecular weight excluding hydrogens is 452 g/mol. The Kier molecular flexibility index (Phi) is 7.28. The maximum atomic E-state index is 12.8. The summed E-state index contributed by atoms with van der Waals surface area (Å²) in [6, 6.07) is 18.4. The number of likely N-dealkylation sites (tertiary alicyclic amines) is 1. The Bertz CT molecular complexity index is 1210. The normalized spacial score (nSPS) is 18.8. The highest BCUT2D eigenvalue weighted by atomic mass is 16.5. The van der Waals surface area contributed by atoms with Gasteiger partial charge in [-0.15, -0.1) is 0 Å². The van der Waals surface area contributed by atoms with Crippen LogP contribution in [0.25, 0.3) is 11.4 Å². The first kappa shape index (κ1) is 24.0. The lowest BCUT2D eigenvalue weighted by Gasteiger charge is -2.30. The van der Waals surface area contributed by atoms with Gasteiger partial charge in [-0.3, -0.25) is 9.69 Å². The number of nitrogens with one attached hydrogen (secondary N) is 1. The van der Waals surface area contributed by atoms with Crippen molar-refractivity contribution in [2.45, 2.75) is 32.7 Å². The standard InChI is InChI=1S/C28H32N6O2/c1-20-2-4-22(5-3-20)18-33-13-10-23(19-33)17-30-27(35)25-11-14-34(15-12-25)28-31-26(32-36-28)24-8-6-21(16-29)7-9-24/h2-9,23,25H,10-15,17-19H2,1H3,(H,30,35). The zero-order valence-corrected chi connectivity index (χ0v) is 20.7. The van der Waals surface area contributed by atoms with Crippen LogP contribution in [0.15, 0.2) is 53.1 Å². The summed E-state index contributed by atoms with van der Waals surface area (Å²) in [6.45, 7) is 7.38. The van der Waals surface area contributed by atoms with Crippen molar-refractivity contribution in [1.29, 1.82) is 5.26 Å². The molecule has 0 radical (unpaired) electrons. The van der Waals surface area contributed by atoms with Crippen molar-refractivity contribution in [3.63, 3.8) is 0 Å². The van der Waals surface area contributed by atoms with Gasteiger partial charge in [-0.05, 0) is 68.5 Å². The van der Waals surface area contributed by atoms with Crippen LogP contribution in [0.4, 0.5) is 6.01 Å². The second kappa shape index (κ2) is 10.9. The van der Waals surface area contributed by atoms with Crippen LogP contribution in [0.3, 0.4) is 0 Å². The van der Waals surface area contributed by atoms with Crippen LogP contribution >= 0.6 is 0 Å². The number of aromatic nitrogens is 2. The Morgan fingerprint density at radius 2 is 1.83 bits per heavy atom. The molecule has 2 aliphatic rings. The summed E-state index contributed by atoms with van der Waals surface area (Å²) in [6.07, 6.45) is 2.67. The van der Waals surface area contributed by atoms with E-state index in [1.807, 2.05) is 17.0 Å². The van der Waals surface area contributed by atoms with Gasteiger partial charge in [0, 0.05) is 44.2 Å². The van der Waals surface area contributed by atoms with Gasteiger partial charge in [0.1, 0.15) is 0 Å². The lowest BCUT2D eigenvalue weighted by molar-refractivity contribution is -0.125. The number of hydrogen-bond acceptors (Lipinski definition) is 7. The predicted molar refractivity (Wildman–Crippen MR) is 137 cm³/mol. The molecule has 2 fully saturated rings.